The van der Waals surface area contributed by atoms with Crippen LogP contribution < -0.4 is 4.74 Å². The SMILES string of the molecule is CC(C)(C)OC(=O)N1CC[C@H](COc2ccc(Br)cc2)C1. The van der Waals surface area contributed by atoms with Crippen molar-refractivity contribution in [2.75, 3.05) is 19.7 Å². The summed E-state index contributed by atoms with van der Waals surface area (Å²) in [5.74, 6) is 1.22. The van der Waals surface area contributed by atoms with Crippen LogP contribution in [0.4, 0.5) is 4.79 Å². The highest BCUT2D eigenvalue weighted by molar-refractivity contribution is 9.10. The molecule has 1 aliphatic heterocycles. The number of likely N-dealkylation sites (tertiary alicyclic amines) is 1. The standard InChI is InChI=1S/C16H22BrNO3/c1-16(2,3)21-15(19)18-9-8-12(10-18)11-20-14-6-4-13(17)5-7-14/h4-7,12H,8-11H2,1-3H3/t12-/m0/s1. The van der Waals surface area contributed by atoms with E-state index in [1.165, 1.54) is 0 Å². The van der Waals surface area contributed by atoms with Gasteiger partial charge in [-0.3, -0.25) is 0 Å². The van der Waals surface area contributed by atoms with Gasteiger partial charge < -0.3 is 14.4 Å². The van der Waals surface area contributed by atoms with Crippen molar-refractivity contribution in [1.29, 1.82) is 0 Å². The first-order valence-electron chi connectivity index (χ1n) is 7.20. The predicted octanol–water partition coefficient (Wildman–Crippen LogP) is 4.08. The minimum Gasteiger partial charge on any atom is -0.493 e. The van der Waals surface area contributed by atoms with Gasteiger partial charge >= 0.3 is 6.09 Å². The lowest BCUT2D eigenvalue weighted by Crippen LogP contribution is -2.35. The van der Waals surface area contributed by atoms with E-state index in [2.05, 4.69) is 15.9 Å². The van der Waals surface area contributed by atoms with E-state index in [9.17, 15) is 4.79 Å². The molecule has 4 nitrogen and oxygen atoms in total. The second-order valence-electron chi connectivity index (χ2n) is 6.35. The third kappa shape index (κ3) is 5.23. The molecule has 1 heterocycles. The molecule has 0 N–H and O–H groups in total. The van der Waals surface area contributed by atoms with Crippen LogP contribution in [-0.2, 0) is 4.74 Å². The summed E-state index contributed by atoms with van der Waals surface area (Å²) in [5, 5.41) is 0. The smallest absolute Gasteiger partial charge is 0.410 e. The van der Waals surface area contributed by atoms with Gasteiger partial charge in [-0.05, 0) is 51.5 Å². The molecule has 0 unspecified atom stereocenters. The van der Waals surface area contributed by atoms with E-state index in [0.29, 0.717) is 19.1 Å². The van der Waals surface area contributed by atoms with Gasteiger partial charge in [0, 0.05) is 23.5 Å². The van der Waals surface area contributed by atoms with E-state index in [1.807, 2.05) is 45.0 Å². The second-order valence-corrected chi connectivity index (χ2v) is 7.26. The van der Waals surface area contributed by atoms with Gasteiger partial charge in [-0.15, -0.1) is 0 Å². The number of amides is 1. The molecule has 1 saturated heterocycles. The Morgan fingerprint density at radius 1 is 1.33 bits per heavy atom. The number of carbonyl (C=O) groups excluding carboxylic acids is 1. The van der Waals surface area contributed by atoms with Crippen molar-refractivity contribution in [3.8, 4) is 5.75 Å². The van der Waals surface area contributed by atoms with Crippen LogP contribution >= 0.6 is 15.9 Å². The third-order valence-electron chi connectivity index (χ3n) is 3.24. The number of hydrogen-bond acceptors (Lipinski definition) is 3. The van der Waals surface area contributed by atoms with E-state index >= 15 is 0 Å². The van der Waals surface area contributed by atoms with Gasteiger partial charge in [0.2, 0.25) is 0 Å². The minimum atomic E-state index is -0.441. The van der Waals surface area contributed by atoms with Gasteiger partial charge in [0.1, 0.15) is 11.4 Å². The lowest BCUT2D eigenvalue weighted by molar-refractivity contribution is 0.0285. The maximum atomic E-state index is 12.0. The number of carbonyl (C=O) groups is 1. The zero-order chi connectivity index (χ0) is 15.5. The predicted molar refractivity (Wildman–Crippen MR) is 85.6 cm³/mol. The number of nitrogens with zero attached hydrogens (tertiary/aromatic N) is 1. The van der Waals surface area contributed by atoms with Gasteiger partial charge in [-0.25, -0.2) is 4.79 Å². The van der Waals surface area contributed by atoms with Gasteiger partial charge in [0.15, 0.2) is 0 Å². The molecule has 1 aromatic carbocycles. The molecule has 1 atom stereocenters. The highest BCUT2D eigenvalue weighted by Crippen LogP contribution is 2.22. The first-order valence-corrected chi connectivity index (χ1v) is 7.99. The van der Waals surface area contributed by atoms with E-state index in [4.69, 9.17) is 9.47 Å². The van der Waals surface area contributed by atoms with Gasteiger partial charge in [-0.1, -0.05) is 15.9 Å². The number of ether oxygens (including phenoxy) is 2. The summed E-state index contributed by atoms with van der Waals surface area (Å²) in [6.07, 6.45) is 0.726. The van der Waals surface area contributed by atoms with Crippen LogP contribution in [0, 0.1) is 5.92 Å². The van der Waals surface area contributed by atoms with Crippen LogP contribution in [-0.4, -0.2) is 36.3 Å². The van der Waals surface area contributed by atoms with Crippen LogP contribution in [0.5, 0.6) is 5.75 Å². The molecule has 0 bridgehead atoms. The summed E-state index contributed by atoms with van der Waals surface area (Å²) in [5.41, 5.74) is -0.441. The van der Waals surface area contributed by atoms with E-state index in [0.717, 1.165) is 23.2 Å². The topological polar surface area (TPSA) is 38.8 Å². The van der Waals surface area contributed by atoms with Crippen molar-refractivity contribution >= 4 is 22.0 Å². The van der Waals surface area contributed by atoms with Crippen molar-refractivity contribution in [2.24, 2.45) is 5.92 Å². The van der Waals surface area contributed by atoms with Crippen LogP contribution in [0.15, 0.2) is 28.7 Å². The number of halogens is 1. The third-order valence-corrected chi connectivity index (χ3v) is 3.77. The van der Waals surface area contributed by atoms with Crippen molar-refractivity contribution in [3.63, 3.8) is 0 Å². The molecule has 2 rings (SSSR count). The first kappa shape index (κ1) is 16.1. The highest BCUT2D eigenvalue weighted by Gasteiger charge is 2.30. The van der Waals surface area contributed by atoms with Gasteiger partial charge in [0.25, 0.3) is 0 Å². The number of benzene rings is 1. The first-order chi connectivity index (χ1) is 9.83. The highest BCUT2D eigenvalue weighted by atomic mass is 79.9. The Balaban J connectivity index is 1.77. The zero-order valence-electron chi connectivity index (χ0n) is 12.8. The summed E-state index contributed by atoms with van der Waals surface area (Å²) in [4.78, 5) is 13.7. The second kappa shape index (κ2) is 6.69. The van der Waals surface area contributed by atoms with Crippen molar-refractivity contribution in [2.45, 2.75) is 32.8 Å². The number of hydrogen-bond donors (Lipinski definition) is 0. The van der Waals surface area contributed by atoms with Crippen molar-refractivity contribution in [3.05, 3.63) is 28.7 Å². The number of rotatable bonds is 3. The molecular weight excluding hydrogens is 334 g/mol. The zero-order valence-corrected chi connectivity index (χ0v) is 14.4. The molecule has 1 aromatic rings. The lowest BCUT2D eigenvalue weighted by Gasteiger charge is -2.24. The Bertz CT molecular complexity index is 481. The normalized spacial score (nSPS) is 18.7. The Hall–Kier alpha value is -1.23. The molecule has 0 aliphatic carbocycles. The van der Waals surface area contributed by atoms with Crippen molar-refractivity contribution in [1.82, 2.24) is 4.90 Å². The quantitative estimate of drug-likeness (QED) is 0.819. The minimum absolute atomic E-state index is 0.228. The Labute approximate surface area is 134 Å². The fourth-order valence-corrected chi connectivity index (χ4v) is 2.47. The van der Waals surface area contributed by atoms with E-state index in [-0.39, 0.29) is 6.09 Å². The van der Waals surface area contributed by atoms with Crippen LogP contribution in [0.2, 0.25) is 0 Å². The van der Waals surface area contributed by atoms with Crippen LogP contribution in [0.3, 0.4) is 0 Å². The summed E-state index contributed by atoms with van der Waals surface area (Å²) in [6, 6.07) is 7.78. The molecule has 0 aromatic heterocycles. The average Bonchev–Trinajstić information content (AvgIpc) is 2.85. The average molecular weight is 356 g/mol. The summed E-state index contributed by atoms with van der Waals surface area (Å²) in [6.45, 7) is 7.72. The van der Waals surface area contributed by atoms with Crippen molar-refractivity contribution < 1.29 is 14.3 Å². The van der Waals surface area contributed by atoms with E-state index < -0.39 is 5.60 Å². The fraction of sp³-hybridized carbons (Fsp3) is 0.562. The molecule has 0 spiro atoms. The fourth-order valence-electron chi connectivity index (χ4n) is 2.21. The molecule has 0 saturated carbocycles. The van der Waals surface area contributed by atoms with Gasteiger partial charge in [0.05, 0.1) is 6.61 Å². The largest absolute Gasteiger partial charge is 0.493 e. The Morgan fingerprint density at radius 3 is 2.62 bits per heavy atom. The van der Waals surface area contributed by atoms with Crippen LogP contribution in [0.1, 0.15) is 27.2 Å². The van der Waals surface area contributed by atoms with Crippen LogP contribution in [0.25, 0.3) is 0 Å². The molecule has 1 amide bonds. The molecular formula is C16H22BrNO3. The monoisotopic (exact) mass is 355 g/mol. The van der Waals surface area contributed by atoms with E-state index in [1.54, 1.807) is 4.90 Å². The molecule has 0 radical (unpaired) electrons. The van der Waals surface area contributed by atoms with Gasteiger partial charge in [-0.2, -0.15) is 0 Å². The Kier molecular flexibility index (Phi) is 5.14. The summed E-state index contributed by atoms with van der Waals surface area (Å²) >= 11 is 3.40. The lowest BCUT2D eigenvalue weighted by atomic mass is 10.1. The maximum absolute atomic E-state index is 12.0. The summed E-state index contributed by atoms with van der Waals surface area (Å²) in [7, 11) is 0. The molecule has 1 aliphatic rings. The molecule has 1 fully saturated rings. The maximum Gasteiger partial charge on any atom is 0.410 e. The molecule has 116 valence electrons. The molecule has 5 heteroatoms. The molecule has 21 heavy (non-hydrogen) atoms. The summed E-state index contributed by atoms with van der Waals surface area (Å²) < 4.78 is 12.2. The Morgan fingerprint density at radius 2 is 2.00 bits per heavy atom.